The minimum Gasteiger partial charge on any atom is -0.481 e. The van der Waals surface area contributed by atoms with E-state index >= 15 is 0 Å². The van der Waals surface area contributed by atoms with Gasteiger partial charge >= 0.3 is 5.97 Å². The van der Waals surface area contributed by atoms with E-state index in [2.05, 4.69) is 0 Å². The van der Waals surface area contributed by atoms with Crippen molar-refractivity contribution in [3.05, 3.63) is 35.1 Å². The van der Waals surface area contributed by atoms with Crippen molar-refractivity contribution < 1.29 is 19.1 Å². The summed E-state index contributed by atoms with van der Waals surface area (Å²) in [5.74, 6) is -2.40. The van der Waals surface area contributed by atoms with Gasteiger partial charge in [0, 0.05) is 12.0 Å². The molecule has 0 saturated carbocycles. The fourth-order valence-electron chi connectivity index (χ4n) is 1.83. The summed E-state index contributed by atoms with van der Waals surface area (Å²) in [6.07, 6.45) is 0.266. The number of hydrogen-bond acceptors (Lipinski definition) is 2. The largest absolute Gasteiger partial charge is 0.481 e. The zero-order chi connectivity index (χ0) is 13.0. The summed E-state index contributed by atoms with van der Waals surface area (Å²) in [6.45, 7) is 4.00. The standard InChI is InChI=1S/C11H9FO3.C2H6/c12-8-2-1-6-3-7(11(14)15)4-10(13)9(6)5-8;1-2/h1-2,5,7H,3-4H2,(H,14,15);1-2H3. The maximum Gasteiger partial charge on any atom is 0.307 e. The number of aliphatic carboxylic acids is 1. The predicted octanol–water partition coefficient (Wildman–Crippen LogP) is 2.68. The maximum atomic E-state index is 12.9. The topological polar surface area (TPSA) is 54.4 Å². The smallest absolute Gasteiger partial charge is 0.307 e. The number of fused-ring (bicyclic) bond motifs is 1. The Labute approximate surface area is 99.3 Å². The molecule has 0 fully saturated rings. The van der Waals surface area contributed by atoms with Gasteiger partial charge in [0.25, 0.3) is 0 Å². The molecule has 1 aromatic carbocycles. The van der Waals surface area contributed by atoms with Gasteiger partial charge < -0.3 is 5.11 Å². The average Bonchev–Trinajstić information content (AvgIpc) is 2.32. The van der Waals surface area contributed by atoms with Crippen LogP contribution in [0.2, 0.25) is 0 Å². The van der Waals surface area contributed by atoms with Gasteiger partial charge in [0.15, 0.2) is 5.78 Å². The third-order valence-electron chi connectivity index (χ3n) is 2.62. The van der Waals surface area contributed by atoms with E-state index in [0.717, 1.165) is 0 Å². The first kappa shape index (κ1) is 13.4. The molecule has 4 heteroatoms. The first-order valence-electron chi connectivity index (χ1n) is 5.62. The van der Waals surface area contributed by atoms with Crippen molar-refractivity contribution in [3.8, 4) is 0 Å². The van der Waals surface area contributed by atoms with Crippen molar-refractivity contribution in [1.82, 2.24) is 0 Å². The van der Waals surface area contributed by atoms with Crippen LogP contribution in [0.15, 0.2) is 18.2 Å². The molecule has 2 rings (SSSR count). The van der Waals surface area contributed by atoms with Crippen molar-refractivity contribution in [1.29, 1.82) is 0 Å². The summed E-state index contributed by atoms with van der Waals surface area (Å²) in [5, 5.41) is 8.81. The highest BCUT2D eigenvalue weighted by molar-refractivity contribution is 6.00. The normalized spacial score (nSPS) is 17.8. The Balaban J connectivity index is 0.000000686. The summed E-state index contributed by atoms with van der Waals surface area (Å²) < 4.78 is 12.9. The molecule has 1 atom stereocenters. The number of ketones is 1. The lowest BCUT2D eigenvalue weighted by Gasteiger charge is -2.20. The Hall–Kier alpha value is -1.71. The number of hydrogen-bond donors (Lipinski definition) is 1. The van der Waals surface area contributed by atoms with Gasteiger partial charge in [-0.3, -0.25) is 9.59 Å². The zero-order valence-electron chi connectivity index (χ0n) is 9.87. The van der Waals surface area contributed by atoms with Gasteiger partial charge in [-0.05, 0) is 24.1 Å². The van der Waals surface area contributed by atoms with E-state index in [1.807, 2.05) is 13.8 Å². The van der Waals surface area contributed by atoms with Gasteiger partial charge in [0.1, 0.15) is 5.82 Å². The minimum absolute atomic E-state index is 0.0359. The summed E-state index contributed by atoms with van der Waals surface area (Å²) in [7, 11) is 0. The predicted molar refractivity (Wildman–Crippen MR) is 61.5 cm³/mol. The Kier molecular flexibility index (Phi) is 4.37. The van der Waals surface area contributed by atoms with Crippen LogP contribution in [-0.2, 0) is 11.2 Å². The number of Topliss-reactive ketones (excluding diaryl/α,β-unsaturated/α-hetero) is 1. The van der Waals surface area contributed by atoms with Crippen LogP contribution in [-0.4, -0.2) is 16.9 Å². The third kappa shape index (κ3) is 2.90. The van der Waals surface area contributed by atoms with Gasteiger partial charge in [0.2, 0.25) is 0 Å². The van der Waals surface area contributed by atoms with E-state index in [0.29, 0.717) is 17.5 Å². The van der Waals surface area contributed by atoms with Gasteiger partial charge in [-0.25, -0.2) is 4.39 Å². The molecule has 0 aliphatic heterocycles. The monoisotopic (exact) mass is 238 g/mol. The minimum atomic E-state index is -0.974. The number of carboxylic acid groups (broad SMARTS) is 1. The molecule has 0 bridgehead atoms. The SMILES string of the molecule is CC.O=C1CC(C(=O)O)Cc2ccc(F)cc21. The molecule has 1 aliphatic rings. The van der Waals surface area contributed by atoms with Crippen molar-refractivity contribution >= 4 is 11.8 Å². The number of benzene rings is 1. The first-order valence-corrected chi connectivity index (χ1v) is 5.62. The Bertz CT molecular complexity index is 440. The average molecular weight is 238 g/mol. The van der Waals surface area contributed by atoms with E-state index in [-0.39, 0.29) is 12.2 Å². The van der Waals surface area contributed by atoms with Crippen molar-refractivity contribution in [2.24, 2.45) is 5.92 Å². The van der Waals surface area contributed by atoms with E-state index in [9.17, 15) is 14.0 Å². The van der Waals surface area contributed by atoms with E-state index < -0.39 is 17.7 Å². The van der Waals surface area contributed by atoms with Crippen LogP contribution in [0.5, 0.6) is 0 Å². The van der Waals surface area contributed by atoms with Gasteiger partial charge in [-0.15, -0.1) is 0 Å². The third-order valence-corrected chi connectivity index (χ3v) is 2.62. The molecule has 0 saturated heterocycles. The van der Waals surface area contributed by atoms with Crippen LogP contribution < -0.4 is 0 Å². The molecule has 0 aromatic heterocycles. The summed E-state index contributed by atoms with van der Waals surface area (Å²) in [6, 6.07) is 3.91. The quantitative estimate of drug-likeness (QED) is 0.818. The van der Waals surface area contributed by atoms with Gasteiger partial charge in [0.05, 0.1) is 5.92 Å². The summed E-state index contributed by atoms with van der Waals surface area (Å²) in [4.78, 5) is 22.3. The van der Waals surface area contributed by atoms with Crippen LogP contribution in [0.1, 0.15) is 36.2 Å². The van der Waals surface area contributed by atoms with Gasteiger partial charge in [-0.2, -0.15) is 0 Å². The van der Waals surface area contributed by atoms with E-state index in [1.54, 1.807) is 0 Å². The van der Waals surface area contributed by atoms with Crippen LogP contribution in [0.3, 0.4) is 0 Å². The van der Waals surface area contributed by atoms with Crippen LogP contribution >= 0.6 is 0 Å². The molecule has 0 spiro atoms. The highest BCUT2D eigenvalue weighted by Gasteiger charge is 2.29. The summed E-state index contributed by atoms with van der Waals surface area (Å²) in [5.41, 5.74) is 0.951. The number of carbonyl (C=O) groups excluding carboxylic acids is 1. The first-order chi connectivity index (χ1) is 8.08. The molecule has 1 N–H and O–H groups in total. The Morgan fingerprint density at radius 1 is 1.35 bits per heavy atom. The number of halogens is 1. The summed E-state index contributed by atoms with van der Waals surface area (Å²) >= 11 is 0. The van der Waals surface area contributed by atoms with Crippen molar-refractivity contribution in [2.75, 3.05) is 0 Å². The maximum absolute atomic E-state index is 12.9. The zero-order valence-corrected chi connectivity index (χ0v) is 9.87. The highest BCUT2D eigenvalue weighted by Crippen LogP contribution is 2.26. The molecule has 0 amide bonds. The second kappa shape index (κ2) is 5.57. The lowest BCUT2D eigenvalue weighted by molar-refractivity contribution is -0.141. The van der Waals surface area contributed by atoms with E-state index in [4.69, 9.17) is 5.11 Å². The fourth-order valence-corrected chi connectivity index (χ4v) is 1.83. The van der Waals surface area contributed by atoms with Crippen LogP contribution in [0, 0.1) is 11.7 Å². The molecule has 17 heavy (non-hydrogen) atoms. The molecule has 3 nitrogen and oxygen atoms in total. The van der Waals surface area contributed by atoms with Crippen molar-refractivity contribution in [2.45, 2.75) is 26.7 Å². The lowest BCUT2D eigenvalue weighted by Crippen LogP contribution is -2.26. The molecule has 1 aromatic rings. The van der Waals surface area contributed by atoms with Crippen LogP contribution in [0.4, 0.5) is 4.39 Å². The molecule has 92 valence electrons. The lowest BCUT2D eigenvalue weighted by atomic mass is 9.83. The van der Waals surface area contributed by atoms with Crippen molar-refractivity contribution in [3.63, 3.8) is 0 Å². The number of carboxylic acids is 1. The van der Waals surface area contributed by atoms with Gasteiger partial charge in [-0.1, -0.05) is 19.9 Å². The number of rotatable bonds is 1. The molecule has 1 unspecified atom stereocenters. The van der Waals surface area contributed by atoms with Crippen LogP contribution in [0.25, 0.3) is 0 Å². The fraction of sp³-hybridized carbons (Fsp3) is 0.385. The molecular weight excluding hydrogens is 223 g/mol. The van der Waals surface area contributed by atoms with E-state index in [1.165, 1.54) is 18.2 Å². The molecular formula is C13H15FO3. The highest BCUT2D eigenvalue weighted by atomic mass is 19.1. The second-order valence-electron chi connectivity index (χ2n) is 3.67. The Morgan fingerprint density at radius 2 is 2.00 bits per heavy atom. The molecule has 1 aliphatic carbocycles. The second-order valence-corrected chi connectivity index (χ2v) is 3.67. The molecule has 0 heterocycles. The molecule has 0 radical (unpaired) electrons. The Morgan fingerprint density at radius 3 is 2.59 bits per heavy atom. The number of carbonyl (C=O) groups is 2.